The van der Waals surface area contributed by atoms with Crippen molar-refractivity contribution < 1.29 is 47.7 Å². The number of aromatic nitrogens is 3. The summed E-state index contributed by atoms with van der Waals surface area (Å²) in [5, 5.41) is 13.1. The highest BCUT2D eigenvalue weighted by Crippen LogP contribution is 2.45. The van der Waals surface area contributed by atoms with Gasteiger partial charge in [-0.2, -0.15) is 0 Å². The normalized spacial score (nSPS) is 14.3. The first-order valence-electron chi connectivity index (χ1n) is 22.4. The minimum atomic E-state index is -0.714. The Bertz CT molecular complexity index is 2730. The molecule has 0 saturated carbocycles. The number of methoxy groups -OCH3 is 1. The lowest BCUT2D eigenvalue weighted by Gasteiger charge is -2.28. The first kappa shape index (κ1) is 49.7. The predicted octanol–water partition coefficient (Wildman–Crippen LogP) is 6.13. The van der Waals surface area contributed by atoms with Crippen LogP contribution in [0.15, 0.2) is 91.1 Å². The number of fused-ring (bicyclic) bond motifs is 3. The summed E-state index contributed by atoms with van der Waals surface area (Å²) >= 11 is 6.64. The largest absolute Gasteiger partial charge is 0.468 e. The van der Waals surface area contributed by atoms with Gasteiger partial charge in [0.1, 0.15) is 11.4 Å². The second-order valence-corrected chi connectivity index (χ2v) is 17.9. The number of hydrogen-bond donors (Lipinski definition) is 1. The Morgan fingerprint density at radius 1 is 0.928 bits per heavy atom. The smallest absolute Gasteiger partial charge is 0.410 e. The maximum Gasteiger partial charge on any atom is 0.410 e. The molecule has 0 radical (unpaired) electrons. The molecule has 3 heterocycles. The molecule has 0 aliphatic carbocycles. The van der Waals surface area contributed by atoms with Crippen LogP contribution in [0.3, 0.4) is 0 Å². The van der Waals surface area contributed by atoms with Gasteiger partial charge in [0.2, 0.25) is 5.91 Å². The number of carbonyl (C=O) groups excluding carboxylic acids is 6. The van der Waals surface area contributed by atoms with E-state index in [1.807, 2.05) is 31.2 Å². The molecule has 362 valence electrons. The number of hydrogen-bond acceptors (Lipinski definition) is 12. The number of anilines is 2. The van der Waals surface area contributed by atoms with Gasteiger partial charge >= 0.3 is 6.09 Å². The van der Waals surface area contributed by atoms with E-state index in [9.17, 15) is 28.8 Å². The number of imide groups is 1. The summed E-state index contributed by atoms with van der Waals surface area (Å²) in [4.78, 5) is 84.5. The van der Waals surface area contributed by atoms with Gasteiger partial charge in [0.25, 0.3) is 23.6 Å². The van der Waals surface area contributed by atoms with Crippen molar-refractivity contribution in [1.82, 2.24) is 29.7 Å². The van der Waals surface area contributed by atoms with Crippen LogP contribution in [0.1, 0.15) is 64.2 Å². The fraction of sp³-hybridized carbons (Fsp3) is 0.360. The van der Waals surface area contributed by atoms with Gasteiger partial charge in [0, 0.05) is 81.2 Å². The van der Waals surface area contributed by atoms with Crippen molar-refractivity contribution >= 4 is 69.4 Å². The fourth-order valence-corrected chi connectivity index (χ4v) is 8.28. The van der Waals surface area contributed by atoms with Crippen molar-refractivity contribution in [2.24, 2.45) is 0 Å². The number of ether oxygens (including phenoxy) is 4. The van der Waals surface area contributed by atoms with E-state index in [4.69, 9.17) is 30.5 Å². The van der Waals surface area contributed by atoms with Crippen molar-refractivity contribution in [3.63, 3.8) is 0 Å². The fourth-order valence-electron chi connectivity index (χ4n) is 8.03. The first-order chi connectivity index (χ1) is 33.0. The van der Waals surface area contributed by atoms with Crippen LogP contribution in [-0.4, -0.2) is 144 Å². The van der Waals surface area contributed by atoms with Gasteiger partial charge in [-0.3, -0.25) is 28.9 Å². The summed E-state index contributed by atoms with van der Waals surface area (Å²) in [6.07, 6.45) is 3.37. The number of carbonyl (C=O) groups is 6. The highest BCUT2D eigenvalue weighted by atomic mass is 35.5. The molecular formula is C50H55ClN8O10. The molecule has 7 rings (SSSR count). The second kappa shape index (κ2) is 21.9. The Kier molecular flexibility index (Phi) is 15.8. The molecule has 0 unspecified atom stereocenters. The van der Waals surface area contributed by atoms with Gasteiger partial charge in [-0.05, 0) is 110 Å². The molecule has 6 amide bonds. The zero-order valence-corrected chi connectivity index (χ0v) is 40.2. The number of halogens is 1. The first-order valence-corrected chi connectivity index (χ1v) is 22.9. The molecule has 0 fully saturated rings. The predicted molar refractivity (Wildman–Crippen MR) is 258 cm³/mol. The monoisotopic (exact) mass is 962 g/mol. The molecule has 1 atom stereocenters. The van der Waals surface area contributed by atoms with Crippen LogP contribution < -0.4 is 15.0 Å². The maximum absolute atomic E-state index is 14.5. The molecule has 69 heavy (non-hydrogen) atoms. The third-order valence-corrected chi connectivity index (χ3v) is 11.9. The lowest BCUT2D eigenvalue weighted by molar-refractivity contribution is -0.137. The third kappa shape index (κ3) is 11.9. The summed E-state index contributed by atoms with van der Waals surface area (Å²) in [6.45, 7) is 8.37. The van der Waals surface area contributed by atoms with Crippen LogP contribution >= 0.6 is 11.6 Å². The van der Waals surface area contributed by atoms with Crippen LogP contribution in [0, 0.1) is 6.92 Å². The second-order valence-electron chi connectivity index (χ2n) is 17.6. The number of nitrogens with zero attached hydrogens (tertiary/aromatic N) is 7. The number of likely N-dealkylation sites (N-methyl/N-ethyl adjacent to an activating group) is 1. The van der Waals surface area contributed by atoms with Crippen LogP contribution in [0.4, 0.5) is 16.2 Å². The van der Waals surface area contributed by atoms with E-state index in [2.05, 4.69) is 15.6 Å². The van der Waals surface area contributed by atoms with Gasteiger partial charge < -0.3 is 39.0 Å². The van der Waals surface area contributed by atoms with Crippen LogP contribution in [-0.2, 0) is 35.0 Å². The zero-order chi connectivity index (χ0) is 49.4. The molecule has 4 aromatic carbocycles. The van der Waals surface area contributed by atoms with E-state index in [-0.39, 0.29) is 88.5 Å². The molecule has 0 bridgehead atoms. The molecule has 1 N–H and O–H groups in total. The molecule has 19 heteroatoms. The lowest BCUT2D eigenvalue weighted by atomic mass is 9.89. The Morgan fingerprint density at radius 3 is 2.33 bits per heavy atom. The van der Waals surface area contributed by atoms with Crippen molar-refractivity contribution in [3.8, 4) is 11.4 Å². The SMILES string of the molecule is COCOc1ccc(C(=O)Nc2ccc(-n3cc(C(=O)N4C[C@@H](CCl)c5c4cc(CC(=O)N(CCOCCN4C(=O)C=CC4=O)CCN(C)C(=O)OC(C)(C)C)c4cccc(C)c54)nn3)cc2)cc1. The molecular weight excluding hydrogens is 908 g/mol. The van der Waals surface area contributed by atoms with Crippen molar-refractivity contribution in [1.29, 1.82) is 0 Å². The Labute approximate surface area is 404 Å². The maximum atomic E-state index is 14.5. The topological polar surface area (TPSA) is 195 Å². The Morgan fingerprint density at radius 2 is 1.65 bits per heavy atom. The number of rotatable bonds is 19. The molecule has 1 aromatic heterocycles. The third-order valence-electron chi connectivity index (χ3n) is 11.5. The summed E-state index contributed by atoms with van der Waals surface area (Å²) in [5.74, 6) is -1.20. The molecule has 0 spiro atoms. The van der Waals surface area contributed by atoms with E-state index < -0.39 is 29.4 Å². The van der Waals surface area contributed by atoms with E-state index in [1.165, 1.54) is 28.8 Å². The lowest BCUT2D eigenvalue weighted by Crippen LogP contribution is -2.43. The number of amides is 6. The minimum absolute atomic E-state index is 0.0534. The van der Waals surface area contributed by atoms with Gasteiger partial charge in [-0.1, -0.05) is 23.4 Å². The van der Waals surface area contributed by atoms with Gasteiger partial charge in [-0.25, -0.2) is 9.48 Å². The Hall–Kier alpha value is -7.15. The van der Waals surface area contributed by atoms with Crippen molar-refractivity contribution in [2.75, 3.05) is 83.0 Å². The average molecular weight is 963 g/mol. The van der Waals surface area contributed by atoms with E-state index in [1.54, 1.807) is 92.3 Å². The molecule has 2 aliphatic heterocycles. The average Bonchev–Trinajstić information content (AvgIpc) is 4.05. The summed E-state index contributed by atoms with van der Waals surface area (Å²) in [5.41, 5.74) is 4.11. The summed E-state index contributed by atoms with van der Waals surface area (Å²) < 4.78 is 23.1. The molecule has 2 aliphatic rings. The highest BCUT2D eigenvalue weighted by Gasteiger charge is 2.37. The van der Waals surface area contributed by atoms with E-state index in [0.29, 0.717) is 33.9 Å². The van der Waals surface area contributed by atoms with E-state index >= 15 is 0 Å². The quantitative estimate of drug-likeness (QED) is 0.0432. The van der Waals surface area contributed by atoms with Crippen LogP contribution in [0.2, 0.25) is 0 Å². The van der Waals surface area contributed by atoms with Gasteiger partial charge in [0.15, 0.2) is 12.5 Å². The van der Waals surface area contributed by atoms with Crippen molar-refractivity contribution in [3.05, 3.63) is 119 Å². The number of nitrogens with one attached hydrogen (secondary N) is 1. The molecule has 5 aromatic rings. The molecule has 0 saturated heterocycles. The zero-order valence-electron chi connectivity index (χ0n) is 39.4. The van der Waals surface area contributed by atoms with Crippen LogP contribution in [0.5, 0.6) is 5.75 Å². The number of alkyl halides is 1. The van der Waals surface area contributed by atoms with Gasteiger partial charge in [0.05, 0.1) is 38.1 Å². The number of aryl methyl sites for hydroxylation is 1. The minimum Gasteiger partial charge on any atom is -0.468 e. The standard InChI is InChI=1S/C50H55ClN8O10/c1-32-8-7-9-39-34(27-44(62)56(21-20-55(5)49(65)69-50(2,3)4)22-24-67-25-23-57-42(60)18-19-43(57)61)26-41-46(45(32)39)35(28-51)29-58(41)48(64)40-30-59(54-53-40)37-14-12-36(13-15-37)52-47(63)33-10-16-38(17-11-33)68-31-66-6/h7-19,26,30,35H,20-25,27-29,31H2,1-6H3,(H,52,63)/t35-/m1/s1. The highest BCUT2D eigenvalue weighted by molar-refractivity contribution is 6.19. The van der Waals surface area contributed by atoms with Crippen molar-refractivity contribution in [2.45, 2.75) is 45.6 Å². The summed E-state index contributed by atoms with van der Waals surface area (Å²) in [7, 11) is 3.12. The van der Waals surface area contributed by atoms with Crippen LogP contribution in [0.25, 0.3) is 16.5 Å². The van der Waals surface area contributed by atoms with Gasteiger partial charge in [-0.15, -0.1) is 16.7 Å². The number of benzene rings is 4. The Balaban J connectivity index is 1.09. The molecule has 18 nitrogen and oxygen atoms in total. The van der Waals surface area contributed by atoms with E-state index in [0.717, 1.165) is 26.8 Å². The summed E-state index contributed by atoms with van der Waals surface area (Å²) in [6, 6.07) is 21.3.